The van der Waals surface area contributed by atoms with Gasteiger partial charge in [-0.15, -0.1) is 0 Å². The molecule has 0 aliphatic rings. The summed E-state index contributed by atoms with van der Waals surface area (Å²) in [5.74, 6) is 0. The molecule has 0 heterocycles. The van der Waals surface area contributed by atoms with Crippen LogP contribution >= 0.6 is 15.9 Å². The zero-order valence-corrected chi connectivity index (χ0v) is 8.93. The van der Waals surface area contributed by atoms with Crippen LogP contribution in [0.1, 0.15) is 5.56 Å². The first-order valence-corrected chi connectivity index (χ1v) is 4.71. The normalized spacial score (nSPS) is 11.1. The van der Waals surface area contributed by atoms with E-state index < -0.39 is 0 Å². The van der Waals surface area contributed by atoms with E-state index >= 15 is 0 Å². The van der Waals surface area contributed by atoms with Gasteiger partial charge in [0.25, 0.3) is 0 Å². The molecule has 68 valence electrons. The highest BCUT2D eigenvalue weighted by Gasteiger charge is 1.96. The van der Waals surface area contributed by atoms with Crippen LogP contribution < -0.4 is 5.32 Å². The summed E-state index contributed by atoms with van der Waals surface area (Å²) in [5, 5.41) is 10.1. The minimum Gasteiger partial charge on any atom is -0.393 e. The lowest BCUT2D eigenvalue weighted by molar-refractivity contribution is 1.11. The fraction of sp³-hybridized carbons (Fsp3) is 0.100. The van der Waals surface area contributed by atoms with Gasteiger partial charge in [-0.1, -0.05) is 28.1 Å². The molecule has 2 N–H and O–H groups in total. The van der Waals surface area contributed by atoms with Gasteiger partial charge in [-0.05, 0) is 17.7 Å². The summed E-state index contributed by atoms with van der Waals surface area (Å²) in [6, 6.07) is 7.86. The minimum atomic E-state index is 0.870. The van der Waals surface area contributed by atoms with Crippen molar-refractivity contribution in [2.24, 2.45) is 0 Å². The zero-order chi connectivity index (χ0) is 9.68. The quantitative estimate of drug-likeness (QED) is 0.781. The van der Waals surface area contributed by atoms with Gasteiger partial charge >= 0.3 is 0 Å². The number of rotatable bonds is 3. The molecule has 0 aliphatic carbocycles. The van der Waals surface area contributed by atoms with Crippen LogP contribution in [-0.4, -0.2) is 13.3 Å². The molecule has 0 unspecified atom stereocenters. The Hall–Kier alpha value is -1.09. The molecule has 1 rings (SSSR count). The standard InChI is InChI=1S/C10H11BrN2/c1-13-7-9(6-12)8-2-4-10(11)5-3-8/h2-7,12-13H,1H3/b9-7+,12-6?. The molecule has 0 radical (unpaired) electrons. The van der Waals surface area contributed by atoms with Crippen LogP contribution in [-0.2, 0) is 0 Å². The monoisotopic (exact) mass is 238 g/mol. The van der Waals surface area contributed by atoms with E-state index in [0.29, 0.717) is 0 Å². The Morgan fingerprint density at radius 3 is 2.46 bits per heavy atom. The Kier molecular flexibility index (Phi) is 3.71. The number of allylic oxidation sites excluding steroid dienone is 1. The lowest BCUT2D eigenvalue weighted by Gasteiger charge is -2.01. The molecule has 0 amide bonds. The maximum Gasteiger partial charge on any atom is 0.0270 e. The molecule has 0 bridgehead atoms. The van der Waals surface area contributed by atoms with Gasteiger partial charge in [-0.25, -0.2) is 0 Å². The summed E-state index contributed by atoms with van der Waals surface area (Å²) in [7, 11) is 1.82. The summed E-state index contributed by atoms with van der Waals surface area (Å²) in [6.07, 6.45) is 3.13. The van der Waals surface area contributed by atoms with Crippen molar-refractivity contribution in [3.05, 3.63) is 40.5 Å². The van der Waals surface area contributed by atoms with Crippen LogP contribution in [0.3, 0.4) is 0 Å². The molecular weight excluding hydrogens is 228 g/mol. The second-order valence-corrected chi connectivity index (χ2v) is 3.46. The van der Waals surface area contributed by atoms with E-state index in [-0.39, 0.29) is 0 Å². The molecule has 1 aromatic rings. The summed E-state index contributed by atoms with van der Waals surface area (Å²) in [5.41, 5.74) is 1.91. The highest BCUT2D eigenvalue weighted by molar-refractivity contribution is 9.10. The van der Waals surface area contributed by atoms with Crippen molar-refractivity contribution in [3.8, 4) is 0 Å². The lowest BCUT2D eigenvalue weighted by Crippen LogP contribution is -1.96. The van der Waals surface area contributed by atoms with Gasteiger partial charge in [0.05, 0.1) is 0 Å². The molecule has 2 nitrogen and oxygen atoms in total. The van der Waals surface area contributed by atoms with E-state index in [2.05, 4.69) is 21.2 Å². The van der Waals surface area contributed by atoms with Crippen LogP contribution in [0.25, 0.3) is 5.57 Å². The molecule has 3 heteroatoms. The number of hydrogen-bond acceptors (Lipinski definition) is 2. The van der Waals surface area contributed by atoms with Gasteiger partial charge in [0.2, 0.25) is 0 Å². The number of nitrogens with one attached hydrogen (secondary N) is 2. The van der Waals surface area contributed by atoms with Gasteiger partial charge in [0.1, 0.15) is 0 Å². The predicted octanol–water partition coefficient (Wildman–Crippen LogP) is 2.66. The van der Waals surface area contributed by atoms with Crippen LogP contribution in [0, 0.1) is 5.41 Å². The van der Waals surface area contributed by atoms with E-state index in [9.17, 15) is 0 Å². The molecule has 0 spiro atoms. The molecule has 1 aromatic carbocycles. The molecule has 0 saturated carbocycles. The third-order valence-corrected chi connectivity index (χ3v) is 2.16. The zero-order valence-electron chi connectivity index (χ0n) is 7.34. The fourth-order valence-corrected chi connectivity index (χ4v) is 1.27. The van der Waals surface area contributed by atoms with Crippen LogP contribution in [0.4, 0.5) is 0 Å². The van der Waals surface area contributed by atoms with Crippen molar-refractivity contribution in [2.45, 2.75) is 0 Å². The molecule has 0 aromatic heterocycles. The number of halogens is 1. The third-order valence-electron chi connectivity index (χ3n) is 1.63. The summed E-state index contributed by atoms with van der Waals surface area (Å²) in [6.45, 7) is 0. The van der Waals surface area contributed by atoms with Gasteiger partial charge < -0.3 is 10.7 Å². The molecule has 13 heavy (non-hydrogen) atoms. The summed E-state index contributed by atoms with van der Waals surface area (Å²) < 4.78 is 1.05. The van der Waals surface area contributed by atoms with Crippen molar-refractivity contribution in [2.75, 3.05) is 7.05 Å². The van der Waals surface area contributed by atoms with Gasteiger partial charge in [0, 0.05) is 29.5 Å². The predicted molar refractivity (Wildman–Crippen MR) is 60.0 cm³/mol. The largest absolute Gasteiger partial charge is 0.393 e. The smallest absolute Gasteiger partial charge is 0.0270 e. The Balaban J connectivity index is 2.99. The average molecular weight is 239 g/mol. The van der Waals surface area contributed by atoms with E-state index in [1.54, 1.807) is 6.20 Å². The topological polar surface area (TPSA) is 35.9 Å². The summed E-state index contributed by atoms with van der Waals surface area (Å²) in [4.78, 5) is 0. The van der Waals surface area contributed by atoms with Crippen LogP contribution in [0.2, 0.25) is 0 Å². The maximum absolute atomic E-state index is 7.21. The Bertz CT molecular complexity index is 314. The Labute approximate surface area is 86.3 Å². The second kappa shape index (κ2) is 4.82. The van der Waals surface area contributed by atoms with Crippen LogP contribution in [0.5, 0.6) is 0 Å². The van der Waals surface area contributed by atoms with Crippen molar-refractivity contribution in [1.29, 1.82) is 5.41 Å². The fourth-order valence-electron chi connectivity index (χ4n) is 1.01. The van der Waals surface area contributed by atoms with E-state index in [0.717, 1.165) is 15.6 Å². The van der Waals surface area contributed by atoms with Crippen molar-refractivity contribution in [3.63, 3.8) is 0 Å². The molecular formula is C10H11BrN2. The van der Waals surface area contributed by atoms with E-state index in [4.69, 9.17) is 5.41 Å². The summed E-state index contributed by atoms with van der Waals surface area (Å²) >= 11 is 3.36. The van der Waals surface area contributed by atoms with E-state index in [1.807, 2.05) is 31.3 Å². The molecule has 0 aliphatic heterocycles. The second-order valence-electron chi connectivity index (χ2n) is 2.54. The SMILES string of the molecule is CN/C=C(\C=N)c1ccc(Br)cc1. The minimum absolute atomic E-state index is 0.870. The van der Waals surface area contributed by atoms with Crippen molar-refractivity contribution in [1.82, 2.24) is 5.32 Å². The first-order valence-electron chi connectivity index (χ1n) is 3.92. The Morgan fingerprint density at radius 1 is 1.38 bits per heavy atom. The van der Waals surface area contributed by atoms with Gasteiger partial charge in [0.15, 0.2) is 0 Å². The first-order chi connectivity index (χ1) is 6.27. The van der Waals surface area contributed by atoms with Crippen molar-refractivity contribution < 1.29 is 0 Å². The average Bonchev–Trinajstić information content (AvgIpc) is 2.16. The maximum atomic E-state index is 7.21. The highest BCUT2D eigenvalue weighted by Crippen LogP contribution is 2.15. The lowest BCUT2D eigenvalue weighted by atomic mass is 10.1. The van der Waals surface area contributed by atoms with Gasteiger partial charge in [-0.3, -0.25) is 0 Å². The van der Waals surface area contributed by atoms with Gasteiger partial charge in [-0.2, -0.15) is 0 Å². The van der Waals surface area contributed by atoms with Crippen molar-refractivity contribution >= 4 is 27.7 Å². The molecule has 0 saturated heterocycles. The third kappa shape index (κ3) is 2.70. The first kappa shape index (κ1) is 9.99. The highest BCUT2D eigenvalue weighted by atomic mass is 79.9. The Morgan fingerprint density at radius 2 is 2.00 bits per heavy atom. The number of hydrogen-bond donors (Lipinski definition) is 2. The molecule has 0 atom stereocenters. The van der Waals surface area contributed by atoms with Crippen LogP contribution in [0.15, 0.2) is 34.9 Å². The van der Waals surface area contributed by atoms with E-state index in [1.165, 1.54) is 6.21 Å². The molecule has 0 fully saturated rings. The number of benzene rings is 1.